The van der Waals surface area contributed by atoms with Crippen LogP contribution in [0.2, 0.25) is 10.0 Å². The Hall–Kier alpha value is -2.51. The maximum atomic E-state index is 13.1. The van der Waals surface area contributed by atoms with Gasteiger partial charge in [0.2, 0.25) is 5.95 Å². The number of nitrogens with zero attached hydrogens (tertiary/aromatic N) is 4. The highest BCUT2D eigenvalue weighted by Crippen LogP contribution is 2.51. The van der Waals surface area contributed by atoms with Gasteiger partial charge in [-0.3, -0.25) is 0 Å². The van der Waals surface area contributed by atoms with Gasteiger partial charge in [-0.25, -0.2) is 4.98 Å². The topological polar surface area (TPSA) is 82.6 Å². The summed E-state index contributed by atoms with van der Waals surface area (Å²) in [5, 5.41) is 8.28. The van der Waals surface area contributed by atoms with E-state index in [-0.39, 0.29) is 0 Å². The minimum Gasteiger partial charge on any atom is -0.494 e. The van der Waals surface area contributed by atoms with Crippen molar-refractivity contribution in [2.75, 3.05) is 63.2 Å². The minimum atomic E-state index is -2.57. The highest BCUT2D eigenvalue weighted by atomic mass is 35.5. The van der Waals surface area contributed by atoms with Gasteiger partial charge in [-0.1, -0.05) is 23.2 Å². The SMILES string of the molecule is COc1cc(N2CCC3(CC2)CC(N(C)C)C3)c(Cl)cc1Nc1ncc(Cl)c(Nc2cc(C)c(C)cc2P(C)(C)=O)n1. The van der Waals surface area contributed by atoms with Crippen molar-refractivity contribution in [1.29, 1.82) is 0 Å². The second-order valence-corrected chi connectivity index (χ2v) is 16.5. The minimum absolute atomic E-state index is 0.325. The van der Waals surface area contributed by atoms with E-state index in [1.54, 1.807) is 20.4 Å². The number of rotatable bonds is 8. The van der Waals surface area contributed by atoms with Crippen LogP contribution in [0.15, 0.2) is 30.5 Å². The Morgan fingerprint density at radius 2 is 1.67 bits per heavy atom. The molecular formula is C31H41Cl2N6O2P. The van der Waals surface area contributed by atoms with Crippen LogP contribution in [0, 0.1) is 19.3 Å². The smallest absolute Gasteiger partial charge is 0.229 e. The number of ether oxygens (including phenoxy) is 1. The second kappa shape index (κ2) is 11.9. The van der Waals surface area contributed by atoms with E-state index in [0.29, 0.717) is 50.4 Å². The fourth-order valence-electron chi connectivity index (χ4n) is 6.10. The van der Waals surface area contributed by atoms with Crippen LogP contribution < -0.4 is 25.6 Å². The Balaban J connectivity index is 1.35. The normalized spacial score (nSPS) is 17.0. The van der Waals surface area contributed by atoms with Gasteiger partial charge < -0.3 is 29.7 Å². The molecule has 2 N–H and O–H groups in total. The molecule has 2 heterocycles. The lowest BCUT2D eigenvalue weighted by molar-refractivity contribution is 0.00490. The van der Waals surface area contributed by atoms with Gasteiger partial charge >= 0.3 is 0 Å². The lowest BCUT2D eigenvalue weighted by Gasteiger charge is -2.54. The molecule has 2 aromatic carbocycles. The van der Waals surface area contributed by atoms with Crippen molar-refractivity contribution in [3.63, 3.8) is 0 Å². The Morgan fingerprint density at radius 3 is 2.29 bits per heavy atom. The van der Waals surface area contributed by atoms with Crippen molar-refractivity contribution in [1.82, 2.24) is 14.9 Å². The van der Waals surface area contributed by atoms with Gasteiger partial charge in [0.25, 0.3) is 0 Å². The lowest BCUT2D eigenvalue weighted by atomic mass is 9.60. The summed E-state index contributed by atoms with van der Waals surface area (Å²) in [5.74, 6) is 1.38. The number of hydrogen-bond donors (Lipinski definition) is 2. The van der Waals surface area contributed by atoms with E-state index in [2.05, 4.69) is 44.5 Å². The summed E-state index contributed by atoms with van der Waals surface area (Å²) >= 11 is 13.3. The van der Waals surface area contributed by atoms with E-state index in [1.807, 2.05) is 38.1 Å². The van der Waals surface area contributed by atoms with Crippen molar-refractivity contribution in [3.05, 3.63) is 51.6 Å². The Kier molecular flexibility index (Phi) is 8.75. The molecule has 1 saturated heterocycles. The molecule has 0 radical (unpaired) electrons. The van der Waals surface area contributed by atoms with E-state index in [4.69, 9.17) is 27.9 Å². The first-order valence-electron chi connectivity index (χ1n) is 14.3. The summed E-state index contributed by atoms with van der Waals surface area (Å²) in [6, 6.07) is 8.51. The standard InChI is InChI=1S/C31H41Cl2N6O2P/c1-19-12-25(28(13-20(19)2)42(6,7)40)35-29-23(33)18-34-30(37-29)36-24-14-22(32)26(15-27(24)41-5)39-10-8-31(9-11-39)16-21(17-31)38(3)4/h12-15,18,21H,8-11,16-17H2,1-7H3,(H2,34,35,36,37). The van der Waals surface area contributed by atoms with Crippen LogP contribution in [-0.2, 0) is 4.57 Å². The summed E-state index contributed by atoms with van der Waals surface area (Å²) in [7, 11) is 3.43. The van der Waals surface area contributed by atoms with Gasteiger partial charge in [0, 0.05) is 30.5 Å². The molecule has 2 fully saturated rings. The highest BCUT2D eigenvalue weighted by molar-refractivity contribution is 7.70. The molecule has 11 heteroatoms. The number of halogens is 2. The molecule has 1 spiro atoms. The largest absolute Gasteiger partial charge is 0.494 e. The summed E-state index contributed by atoms with van der Waals surface area (Å²) in [5.41, 5.74) is 4.97. The zero-order valence-corrected chi connectivity index (χ0v) is 27.9. The van der Waals surface area contributed by atoms with Crippen LogP contribution in [0.5, 0.6) is 5.75 Å². The third kappa shape index (κ3) is 6.37. The predicted molar refractivity (Wildman–Crippen MR) is 177 cm³/mol. The molecule has 5 rings (SSSR count). The first-order valence-corrected chi connectivity index (χ1v) is 17.7. The first kappa shape index (κ1) is 30.9. The first-order chi connectivity index (χ1) is 19.8. The molecule has 42 heavy (non-hydrogen) atoms. The monoisotopic (exact) mass is 630 g/mol. The van der Waals surface area contributed by atoms with Crippen molar-refractivity contribution >= 4 is 64.5 Å². The van der Waals surface area contributed by atoms with E-state index in [9.17, 15) is 4.57 Å². The quantitative estimate of drug-likeness (QED) is 0.248. The lowest BCUT2D eigenvalue weighted by Crippen LogP contribution is -2.53. The number of nitrogens with one attached hydrogen (secondary N) is 2. The van der Waals surface area contributed by atoms with Crippen LogP contribution in [0.1, 0.15) is 36.8 Å². The number of benzene rings is 2. The van der Waals surface area contributed by atoms with Crippen molar-refractivity contribution in [3.8, 4) is 5.75 Å². The van der Waals surface area contributed by atoms with Crippen molar-refractivity contribution < 1.29 is 9.30 Å². The highest BCUT2D eigenvalue weighted by Gasteiger charge is 2.46. The number of aromatic nitrogens is 2. The van der Waals surface area contributed by atoms with Crippen LogP contribution in [0.4, 0.5) is 28.8 Å². The van der Waals surface area contributed by atoms with E-state index in [1.165, 1.54) is 31.9 Å². The zero-order valence-electron chi connectivity index (χ0n) is 25.5. The molecule has 0 bridgehead atoms. The van der Waals surface area contributed by atoms with Gasteiger partial charge in [0.1, 0.15) is 17.9 Å². The molecule has 3 aromatic rings. The molecule has 1 aliphatic carbocycles. The van der Waals surface area contributed by atoms with Crippen LogP contribution in [0.25, 0.3) is 0 Å². The molecule has 226 valence electrons. The van der Waals surface area contributed by atoms with Gasteiger partial charge in [-0.15, -0.1) is 0 Å². The Morgan fingerprint density at radius 1 is 1.00 bits per heavy atom. The van der Waals surface area contributed by atoms with Crippen LogP contribution in [-0.4, -0.2) is 68.5 Å². The molecule has 2 aliphatic rings. The molecule has 0 unspecified atom stereocenters. The van der Waals surface area contributed by atoms with Crippen LogP contribution in [0.3, 0.4) is 0 Å². The number of methoxy groups -OCH3 is 1. The third-order valence-corrected chi connectivity index (χ3v) is 11.0. The Labute approximate surface area is 259 Å². The van der Waals surface area contributed by atoms with Crippen LogP contribution >= 0.6 is 30.3 Å². The van der Waals surface area contributed by atoms with E-state index < -0.39 is 7.14 Å². The molecular weight excluding hydrogens is 590 g/mol. The fraction of sp³-hybridized carbons (Fsp3) is 0.484. The summed E-state index contributed by atoms with van der Waals surface area (Å²) < 4.78 is 18.8. The number of piperidine rings is 1. The number of aryl methyl sites for hydroxylation is 2. The summed E-state index contributed by atoms with van der Waals surface area (Å²) in [6.45, 7) is 9.50. The van der Waals surface area contributed by atoms with Gasteiger partial charge in [-0.2, -0.15) is 4.98 Å². The van der Waals surface area contributed by atoms with Crippen molar-refractivity contribution in [2.45, 2.75) is 45.6 Å². The molecule has 1 aromatic heterocycles. The maximum absolute atomic E-state index is 13.1. The maximum Gasteiger partial charge on any atom is 0.229 e. The fourth-order valence-corrected chi connectivity index (χ4v) is 7.72. The average Bonchev–Trinajstić information content (AvgIpc) is 2.90. The third-order valence-electron chi connectivity index (χ3n) is 8.94. The van der Waals surface area contributed by atoms with Gasteiger partial charge in [-0.05, 0) is 102 Å². The van der Waals surface area contributed by atoms with E-state index in [0.717, 1.165) is 35.2 Å². The molecule has 1 aliphatic heterocycles. The number of hydrogen-bond acceptors (Lipinski definition) is 8. The van der Waals surface area contributed by atoms with Gasteiger partial charge in [0.15, 0.2) is 5.82 Å². The van der Waals surface area contributed by atoms with Gasteiger partial charge in [0.05, 0.1) is 35.4 Å². The summed E-state index contributed by atoms with van der Waals surface area (Å²) in [4.78, 5) is 13.7. The molecule has 1 saturated carbocycles. The summed E-state index contributed by atoms with van der Waals surface area (Å²) in [6.07, 6.45) is 6.46. The predicted octanol–water partition coefficient (Wildman–Crippen LogP) is 7.45. The molecule has 8 nitrogen and oxygen atoms in total. The van der Waals surface area contributed by atoms with E-state index >= 15 is 0 Å². The second-order valence-electron chi connectivity index (χ2n) is 12.5. The Bertz CT molecular complexity index is 1530. The zero-order chi connectivity index (χ0) is 30.4. The average molecular weight is 632 g/mol. The number of anilines is 5. The van der Waals surface area contributed by atoms with Crippen molar-refractivity contribution in [2.24, 2.45) is 5.41 Å². The molecule has 0 atom stereocenters. The molecule has 0 amide bonds.